The number of hydrogen-bond donors (Lipinski definition) is 3. The number of halogens is 5. The number of rotatable bonds is 12. The average molecular weight is 2120 g/mol. The Morgan fingerprint density at radius 2 is 0.887 bits per heavy atom. The third kappa shape index (κ3) is 23.0. The lowest BCUT2D eigenvalue weighted by Crippen LogP contribution is -2.47. The summed E-state index contributed by atoms with van der Waals surface area (Å²) >= 11 is 10.1. The van der Waals surface area contributed by atoms with E-state index < -0.39 is 53.5 Å². The predicted octanol–water partition coefficient (Wildman–Crippen LogP) is 10.4. The van der Waals surface area contributed by atoms with Crippen LogP contribution in [0.1, 0.15) is 149 Å². The first kappa shape index (κ1) is 100. The van der Waals surface area contributed by atoms with Gasteiger partial charge in [-0.05, 0) is 173 Å². The lowest BCUT2D eigenvalue weighted by molar-refractivity contribution is -0.138. The monoisotopic (exact) mass is 2120 g/mol. The normalized spacial score (nSPS) is 22.8. The van der Waals surface area contributed by atoms with E-state index in [9.17, 15) is 53.4 Å². The molecule has 3 N–H and O–H groups in total. The number of ketones is 5. The number of nitrogens with zero attached hydrogens (tertiary/aromatic N) is 21. The highest BCUT2D eigenvalue weighted by atomic mass is 79.9. The Morgan fingerprint density at radius 3 is 1.36 bits per heavy atom. The number of ether oxygens (including phenoxy) is 5. The summed E-state index contributed by atoms with van der Waals surface area (Å²) < 4.78 is 67.1. The minimum atomic E-state index is -1.91. The van der Waals surface area contributed by atoms with Crippen molar-refractivity contribution in [1.29, 1.82) is 0 Å². The number of anilines is 1. The van der Waals surface area contributed by atoms with Crippen molar-refractivity contribution in [2.24, 2.45) is 5.41 Å². The van der Waals surface area contributed by atoms with Crippen molar-refractivity contribution in [2.45, 2.75) is 193 Å². The summed E-state index contributed by atoms with van der Waals surface area (Å²) in [6.07, 6.45) is 14.3. The number of alkyl halides is 2. The van der Waals surface area contributed by atoms with Crippen LogP contribution >= 0.6 is 47.8 Å². The number of aliphatic hydroxyl groups is 2. The second kappa shape index (κ2) is 42.9. The van der Waals surface area contributed by atoms with Gasteiger partial charge in [0.1, 0.15) is 86.0 Å². The number of nitrogens with one attached hydrogen (secondary N) is 1. The van der Waals surface area contributed by atoms with E-state index in [0.29, 0.717) is 162 Å². The third-order valence-corrected chi connectivity index (χ3v) is 27.5. The van der Waals surface area contributed by atoms with Crippen LogP contribution in [0.4, 0.5) is 14.6 Å². The molecule has 736 valence electrons. The number of benzene rings is 1. The molecule has 3 saturated heterocycles. The number of fused-ring (bicyclic) bond motifs is 11. The Bertz CT molecular complexity index is 6560. The van der Waals surface area contributed by atoms with Gasteiger partial charge in [-0.15, -0.1) is 0 Å². The standard InChI is InChI=1S/C33H34BrFN6O5.C33H36BrN9O6.C32H33BrFN7O5/c1-20(42)32-25-11-22(24-14-36-21(2)37-15-24)5-7-27(25)41(39-32)16-31(44)40-18-33(35)13-28(40)29(43)12-26-23(6-8-30(34)38-26)17-45-9-3-4-10-46-19-33;1-17(44)30-21-6-22(20-9-35-18(2)36-10-20)37-11-24(21)42(40-30)13-29(47)43-23-7-33(8-27(33)43)16-41(3)12-25(45)26(46)15-49-14-19-4-5-28(34)38-31(19)39-32(23)48;1-19(42)31-23-9-24(22-12-35-20(2)36-13-22)37-14-27(23)41(39-31)15-30(44)40-17-32(34)11-26(40)28(43)10-25-21(5-6-29(33)38-25)16-45-7-3-4-8-46-18-32/h5-8,11,14-15,28H,3-4,9-10,12-13,16-19H2,1-2H3;4-6,9-11,23,25-27,45-46H,7-8,12-16H2,1-3H3,(H,38,39,48);5-6,9,12-14,26H,3-4,7-8,10-11,15-18H2,1-2H3/t28-,33+;23-,25?,26?,27+,33-;26-,32+/m000/s1. The third-order valence-electron chi connectivity index (χ3n) is 26.2. The topological polar surface area (TPSA) is 460 Å². The molecule has 1 saturated carbocycles. The highest BCUT2D eigenvalue weighted by Crippen LogP contribution is 2.60. The van der Waals surface area contributed by atoms with E-state index in [0.717, 1.165) is 35.1 Å². The van der Waals surface area contributed by atoms with E-state index in [2.05, 4.69) is 123 Å². The van der Waals surface area contributed by atoms with Crippen molar-refractivity contribution in [3.05, 3.63) is 193 Å². The highest BCUT2D eigenvalue weighted by molar-refractivity contribution is 9.11. The average Bonchev–Trinajstić information content (AvgIpc) is 1.53. The van der Waals surface area contributed by atoms with Crippen LogP contribution in [0, 0.1) is 26.2 Å². The van der Waals surface area contributed by atoms with Crippen LogP contribution in [0.5, 0.6) is 0 Å². The van der Waals surface area contributed by atoms with Gasteiger partial charge in [-0.2, -0.15) is 15.3 Å². The number of carbonyl (C=O) groups excluding carboxylic acids is 9. The maximum atomic E-state index is 16.3. The first-order valence-electron chi connectivity index (χ1n) is 46.3. The highest BCUT2D eigenvalue weighted by Gasteiger charge is 2.67. The molecule has 4 amide bonds. The summed E-state index contributed by atoms with van der Waals surface area (Å²) in [6, 6.07) is 16.5. The summed E-state index contributed by atoms with van der Waals surface area (Å²) in [5.41, 5.74) is 5.02. The lowest BCUT2D eigenvalue weighted by Gasteiger charge is -2.27. The molecule has 6 aliphatic heterocycles. The molecule has 12 aromatic rings. The molecule has 38 nitrogen and oxygen atoms in total. The zero-order valence-electron chi connectivity index (χ0n) is 78.4. The summed E-state index contributed by atoms with van der Waals surface area (Å²) in [5, 5.41) is 39.3. The van der Waals surface area contributed by atoms with Crippen molar-refractivity contribution < 1.29 is 85.8 Å². The zero-order chi connectivity index (χ0) is 99.5. The first-order chi connectivity index (χ1) is 67.6. The molecule has 1 spiro atoms. The van der Waals surface area contributed by atoms with Gasteiger partial charge in [0.05, 0.1) is 135 Å². The molecule has 1 aromatic carbocycles. The van der Waals surface area contributed by atoms with E-state index in [1.807, 2.05) is 36.2 Å². The number of hydrogen-bond acceptors (Lipinski definition) is 31. The number of aromatic nitrogens is 17. The molecule has 2 unspecified atom stereocenters. The van der Waals surface area contributed by atoms with E-state index >= 15 is 8.78 Å². The maximum Gasteiger partial charge on any atom is 0.248 e. The van der Waals surface area contributed by atoms with Crippen LogP contribution in [-0.2, 0) is 105 Å². The number of aryl methyl sites for hydroxylation is 3. The Kier molecular flexibility index (Phi) is 30.6. The molecule has 43 heteroatoms. The first-order valence-corrected chi connectivity index (χ1v) is 48.7. The van der Waals surface area contributed by atoms with Gasteiger partial charge >= 0.3 is 0 Å². The van der Waals surface area contributed by atoms with Crippen LogP contribution in [0.2, 0.25) is 0 Å². The van der Waals surface area contributed by atoms with Crippen molar-refractivity contribution in [2.75, 3.05) is 84.8 Å². The number of aliphatic hydroxyl groups excluding tert-OH is 2. The molecule has 19 rings (SSSR count). The van der Waals surface area contributed by atoms with Gasteiger partial charge in [0.25, 0.3) is 0 Å². The molecule has 9 atom stereocenters. The molecule has 141 heavy (non-hydrogen) atoms. The summed E-state index contributed by atoms with van der Waals surface area (Å²) in [4.78, 5) is 176. The minimum absolute atomic E-state index is 0.0347. The minimum Gasteiger partial charge on any atom is -0.389 e. The number of β-amino-alcohol motifs (C(OH)–C–C–N with tert-alkyl or cyclic N) is 1. The lowest BCUT2D eigenvalue weighted by atomic mass is 9.97. The molecule has 11 aromatic heterocycles. The van der Waals surface area contributed by atoms with Crippen molar-refractivity contribution in [3.63, 3.8) is 0 Å². The number of likely N-dealkylation sites (tertiary alicyclic amines) is 3. The van der Waals surface area contributed by atoms with Crippen molar-refractivity contribution in [3.8, 4) is 33.6 Å². The predicted molar refractivity (Wildman–Crippen MR) is 517 cm³/mol. The van der Waals surface area contributed by atoms with Crippen molar-refractivity contribution in [1.82, 2.24) is 104 Å². The molecule has 7 aliphatic rings. The molecule has 0 radical (unpaired) electrons. The fourth-order valence-electron chi connectivity index (χ4n) is 19.0. The summed E-state index contributed by atoms with van der Waals surface area (Å²) in [5.74, 6) is -1.06. The van der Waals surface area contributed by atoms with E-state index in [1.54, 1.807) is 112 Å². The van der Waals surface area contributed by atoms with Crippen LogP contribution in [0.3, 0.4) is 0 Å². The Balaban J connectivity index is 0.000000146. The number of likely N-dealkylation sites (N-methyl/N-ethyl adjacent to an activating group) is 1. The maximum absolute atomic E-state index is 16.3. The Hall–Kier alpha value is -12.2. The van der Waals surface area contributed by atoms with E-state index in [4.69, 9.17) is 23.7 Å². The van der Waals surface area contributed by atoms with Gasteiger partial charge in [-0.3, -0.25) is 67.2 Å². The van der Waals surface area contributed by atoms with Crippen LogP contribution in [0.15, 0.2) is 130 Å². The Labute approximate surface area is 832 Å². The number of Topliss-reactive ketones (excluding diaryl/α,β-unsaturated/α-hetero) is 5. The van der Waals surface area contributed by atoms with Crippen molar-refractivity contribution >= 4 is 139 Å². The largest absolute Gasteiger partial charge is 0.389 e. The molecular formula is C98H103Br3F2N22O16. The molecular weight excluding hydrogens is 2020 g/mol. The van der Waals surface area contributed by atoms with E-state index in [-0.39, 0.29) is 180 Å². The number of piperidine rings is 1. The van der Waals surface area contributed by atoms with Crippen LogP contribution in [0.25, 0.3) is 66.4 Å². The van der Waals surface area contributed by atoms with Gasteiger partial charge in [0.15, 0.2) is 40.3 Å². The molecule has 1 aliphatic carbocycles. The smallest absolute Gasteiger partial charge is 0.248 e. The van der Waals surface area contributed by atoms with E-state index in [1.165, 1.54) is 50.8 Å². The number of carbonyl (C=O) groups is 9. The number of amides is 4. The van der Waals surface area contributed by atoms with Gasteiger partial charge in [-0.25, -0.2) is 53.6 Å². The van der Waals surface area contributed by atoms with Gasteiger partial charge in [0.2, 0.25) is 23.6 Å². The Morgan fingerprint density at radius 1 is 0.461 bits per heavy atom. The van der Waals surface area contributed by atoms with Gasteiger partial charge in [-0.1, -0.05) is 24.3 Å². The van der Waals surface area contributed by atoms with Gasteiger partial charge in [0, 0.05) is 160 Å². The second-order valence-corrected chi connectivity index (χ2v) is 39.3. The number of pyridine rings is 5. The van der Waals surface area contributed by atoms with Gasteiger partial charge < -0.3 is 58.8 Å². The van der Waals surface area contributed by atoms with Crippen LogP contribution < -0.4 is 5.32 Å². The quantitative estimate of drug-likeness (QED) is 0.0755. The van der Waals surface area contributed by atoms with Crippen LogP contribution in [-0.4, -0.2) is 294 Å². The zero-order valence-corrected chi connectivity index (χ0v) is 83.2. The fourth-order valence-corrected chi connectivity index (χ4v) is 20.0. The summed E-state index contributed by atoms with van der Waals surface area (Å²) in [6.45, 7) is 10.6. The SMILES string of the molecule is CC(=O)c1nn(CC(=O)N2C[C@@]3(F)COCCCCOCc4ccc(Br)nc4CC(=O)[C@@H]2C3)c2ccc(-c3cnc(C)nc3)cc12.CC(=O)c1nn(CC(=O)N2C[C@@]3(F)COCCCCOCc4ccc(Br)nc4CC(=O)[C@@H]2C3)c2cnc(-c3cnc(C)nc3)cc12.CC(=O)c1nn(CC(=O)N2[C@H]3C[C@]4(C[C@@H]24)CN(C)CC(O)C(O)COCc2ccc(Br)nc2NC3=O)c2cnc(-c3cnc(C)nc3)cc12. The summed E-state index contributed by atoms with van der Waals surface area (Å²) in [7, 11) is 1.85. The molecule has 4 fully saturated rings. The second-order valence-electron chi connectivity index (χ2n) is 36.9. The molecule has 6 bridgehead atoms. The molecule has 17 heterocycles. The fraction of sp³-hybridized carbons (Fsp3) is 0.439.